The fourth-order valence-corrected chi connectivity index (χ4v) is 2.61. The van der Waals surface area contributed by atoms with Crippen molar-refractivity contribution in [2.45, 2.75) is 38.3 Å². The number of carbonyl (C=O) groups is 1. The predicted octanol–water partition coefficient (Wildman–Crippen LogP) is 2.39. The number of benzene rings is 1. The molecule has 0 aromatic heterocycles. The van der Waals surface area contributed by atoms with Crippen molar-refractivity contribution in [3.8, 4) is 0 Å². The molecule has 0 bridgehead atoms. The molecule has 1 saturated heterocycles. The molecule has 4 nitrogen and oxygen atoms in total. The first-order valence-electron chi connectivity index (χ1n) is 7.01. The van der Waals surface area contributed by atoms with E-state index in [9.17, 15) is 4.79 Å². The van der Waals surface area contributed by atoms with E-state index >= 15 is 0 Å². The number of hydrogen-bond acceptors (Lipinski definition) is 3. The summed E-state index contributed by atoms with van der Waals surface area (Å²) >= 11 is 0. The molecule has 0 aliphatic carbocycles. The number of aliphatic carboxylic acids is 1. The lowest BCUT2D eigenvalue weighted by atomic mass is 9.95. The number of methoxy groups -OCH3 is 1. The lowest BCUT2D eigenvalue weighted by Crippen LogP contribution is -2.25. The Hall–Kier alpha value is -1.39. The van der Waals surface area contributed by atoms with E-state index in [2.05, 4.69) is 43.4 Å². The molecule has 110 valence electrons. The van der Waals surface area contributed by atoms with Gasteiger partial charge in [0.05, 0.1) is 11.5 Å². The van der Waals surface area contributed by atoms with Gasteiger partial charge >= 0.3 is 5.97 Å². The van der Waals surface area contributed by atoms with Gasteiger partial charge in [-0.15, -0.1) is 0 Å². The summed E-state index contributed by atoms with van der Waals surface area (Å²) in [4.78, 5) is 11.0. The van der Waals surface area contributed by atoms with Crippen LogP contribution < -0.4 is 5.32 Å². The molecule has 1 aromatic carbocycles. The highest BCUT2D eigenvalue weighted by molar-refractivity contribution is 5.70. The van der Waals surface area contributed by atoms with Crippen LogP contribution >= 0.6 is 0 Å². The maximum Gasteiger partial charge on any atom is 0.307 e. The summed E-state index contributed by atoms with van der Waals surface area (Å²) in [6.07, 6.45) is 1.53. The van der Waals surface area contributed by atoms with Crippen molar-refractivity contribution in [3.05, 3.63) is 35.4 Å². The molecule has 2 N–H and O–H groups in total. The van der Waals surface area contributed by atoms with E-state index in [1.807, 2.05) is 0 Å². The van der Waals surface area contributed by atoms with Gasteiger partial charge in [-0.05, 0) is 31.4 Å². The third-order valence-electron chi connectivity index (χ3n) is 4.04. The highest BCUT2D eigenvalue weighted by Gasteiger charge is 2.30. The Morgan fingerprint density at radius 3 is 2.55 bits per heavy atom. The Morgan fingerprint density at radius 2 is 2.05 bits per heavy atom. The summed E-state index contributed by atoms with van der Waals surface area (Å²) in [5.74, 6) is -0.981. The van der Waals surface area contributed by atoms with Crippen molar-refractivity contribution in [3.63, 3.8) is 0 Å². The Labute approximate surface area is 120 Å². The molecule has 1 fully saturated rings. The Kier molecular flexibility index (Phi) is 4.45. The number of rotatable bonds is 5. The van der Waals surface area contributed by atoms with Crippen LogP contribution in [0.25, 0.3) is 0 Å². The fraction of sp³-hybridized carbons (Fsp3) is 0.562. The summed E-state index contributed by atoms with van der Waals surface area (Å²) < 4.78 is 5.43. The highest BCUT2D eigenvalue weighted by Crippen LogP contribution is 2.28. The van der Waals surface area contributed by atoms with E-state index in [1.165, 1.54) is 5.56 Å². The van der Waals surface area contributed by atoms with Crippen LogP contribution in [0.3, 0.4) is 0 Å². The Morgan fingerprint density at radius 1 is 1.40 bits per heavy atom. The standard InChI is InChI=1S/C16H23NO3/c1-16(2,20-3)9-11-4-6-12(7-5-11)14-8-13(10-17-14)15(18)19/h4-7,13-14,17H,8-10H2,1-3H3,(H,18,19). The fourth-order valence-electron chi connectivity index (χ4n) is 2.61. The summed E-state index contributed by atoms with van der Waals surface area (Å²) in [6, 6.07) is 8.53. The highest BCUT2D eigenvalue weighted by atomic mass is 16.5. The molecule has 0 spiro atoms. The average Bonchev–Trinajstić information content (AvgIpc) is 2.89. The lowest BCUT2D eigenvalue weighted by molar-refractivity contribution is -0.141. The minimum Gasteiger partial charge on any atom is -0.481 e. The molecule has 2 atom stereocenters. The van der Waals surface area contributed by atoms with Crippen LogP contribution in [-0.2, 0) is 16.0 Å². The van der Waals surface area contributed by atoms with Crippen LogP contribution in [-0.4, -0.2) is 30.3 Å². The molecule has 1 heterocycles. The van der Waals surface area contributed by atoms with E-state index in [1.54, 1.807) is 7.11 Å². The molecule has 4 heteroatoms. The monoisotopic (exact) mass is 277 g/mol. The maximum atomic E-state index is 11.0. The smallest absolute Gasteiger partial charge is 0.307 e. The summed E-state index contributed by atoms with van der Waals surface area (Å²) in [5.41, 5.74) is 2.22. The topological polar surface area (TPSA) is 58.6 Å². The zero-order chi connectivity index (χ0) is 14.8. The van der Waals surface area contributed by atoms with Crippen molar-refractivity contribution in [2.75, 3.05) is 13.7 Å². The zero-order valence-electron chi connectivity index (χ0n) is 12.3. The van der Waals surface area contributed by atoms with Gasteiger partial charge in [-0.3, -0.25) is 4.79 Å². The van der Waals surface area contributed by atoms with Crippen LogP contribution in [0.15, 0.2) is 24.3 Å². The maximum absolute atomic E-state index is 11.0. The van der Waals surface area contributed by atoms with Crippen molar-refractivity contribution in [1.82, 2.24) is 5.32 Å². The van der Waals surface area contributed by atoms with Gasteiger partial charge < -0.3 is 15.2 Å². The van der Waals surface area contributed by atoms with Crippen LogP contribution in [0, 0.1) is 5.92 Å². The third-order valence-corrected chi connectivity index (χ3v) is 4.04. The minimum atomic E-state index is -0.710. The van der Waals surface area contributed by atoms with E-state index < -0.39 is 5.97 Å². The molecule has 2 unspecified atom stereocenters. The second-order valence-electron chi connectivity index (χ2n) is 6.11. The molecule has 1 aliphatic rings. The predicted molar refractivity (Wildman–Crippen MR) is 77.7 cm³/mol. The zero-order valence-corrected chi connectivity index (χ0v) is 12.3. The van der Waals surface area contributed by atoms with E-state index in [4.69, 9.17) is 9.84 Å². The van der Waals surface area contributed by atoms with Crippen LogP contribution in [0.5, 0.6) is 0 Å². The molecule has 1 aliphatic heterocycles. The van der Waals surface area contributed by atoms with Crippen LogP contribution in [0.4, 0.5) is 0 Å². The van der Waals surface area contributed by atoms with E-state index in [0.717, 1.165) is 12.0 Å². The van der Waals surface area contributed by atoms with Crippen LogP contribution in [0.1, 0.15) is 37.4 Å². The van der Waals surface area contributed by atoms with Gasteiger partial charge in [0.2, 0.25) is 0 Å². The first kappa shape index (κ1) is 15.0. The quantitative estimate of drug-likeness (QED) is 0.867. The Balaban J connectivity index is 2.00. The second kappa shape index (κ2) is 5.94. The summed E-state index contributed by atoms with van der Waals surface area (Å²) in [7, 11) is 1.73. The molecule has 0 saturated carbocycles. The normalized spacial score (nSPS) is 22.9. The summed E-state index contributed by atoms with van der Waals surface area (Å²) in [6.45, 7) is 4.69. The van der Waals surface area contributed by atoms with Crippen LogP contribution in [0.2, 0.25) is 0 Å². The first-order chi connectivity index (χ1) is 9.41. The number of hydrogen-bond donors (Lipinski definition) is 2. The van der Waals surface area contributed by atoms with E-state index in [-0.39, 0.29) is 17.6 Å². The van der Waals surface area contributed by atoms with Gasteiger partial charge in [0.1, 0.15) is 0 Å². The van der Waals surface area contributed by atoms with Crippen molar-refractivity contribution >= 4 is 5.97 Å². The number of carboxylic acid groups (broad SMARTS) is 1. The molecular weight excluding hydrogens is 254 g/mol. The minimum absolute atomic E-state index is 0.153. The number of ether oxygens (including phenoxy) is 1. The van der Waals surface area contributed by atoms with Crippen molar-refractivity contribution < 1.29 is 14.6 Å². The van der Waals surface area contributed by atoms with E-state index in [0.29, 0.717) is 13.0 Å². The van der Waals surface area contributed by atoms with Crippen molar-refractivity contribution in [1.29, 1.82) is 0 Å². The van der Waals surface area contributed by atoms with Gasteiger partial charge in [0.25, 0.3) is 0 Å². The first-order valence-corrected chi connectivity index (χ1v) is 7.01. The van der Waals surface area contributed by atoms with Gasteiger partial charge in [-0.2, -0.15) is 0 Å². The molecule has 20 heavy (non-hydrogen) atoms. The third kappa shape index (κ3) is 3.58. The van der Waals surface area contributed by atoms with Gasteiger partial charge in [-0.1, -0.05) is 24.3 Å². The largest absolute Gasteiger partial charge is 0.481 e. The molecular formula is C16H23NO3. The van der Waals surface area contributed by atoms with Gasteiger partial charge in [-0.25, -0.2) is 0 Å². The molecule has 1 aromatic rings. The average molecular weight is 277 g/mol. The van der Waals surface area contributed by atoms with Gasteiger partial charge in [0, 0.05) is 26.1 Å². The summed E-state index contributed by atoms with van der Waals surface area (Å²) in [5, 5.41) is 12.3. The van der Waals surface area contributed by atoms with Crippen molar-refractivity contribution in [2.24, 2.45) is 5.92 Å². The Bertz CT molecular complexity index is 467. The second-order valence-corrected chi connectivity index (χ2v) is 6.11. The SMILES string of the molecule is COC(C)(C)Cc1ccc(C2CC(C(=O)O)CN2)cc1. The number of carboxylic acids is 1. The molecule has 0 radical (unpaired) electrons. The molecule has 0 amide bonds. The number of nitrogens with one attached hydrogen (secondary N) is 1. The molecule has 2 rings (SSSR count). The lowest BCUT2D eigenvalue weighted by Gasteiger charge is -2.23. The van der Waals surface area contributed by atoms with Gasteiger partial charge in [0.15, 0.2) is 0 Å².